The maximum absolute atomic E-state index is 13.1. The lowest BCUT2D eigenvalue weighted by molar-refractivity contribution is 0.364. The number of anilines is 1. The number of pyridine rings is 1. The fourth-order valence-corrected chi connectivity index (χ4v) is 4.09. The zero-order chi connectivity index (χ0) is 23.1. The molecule has 0 fully saturated rings. The summed E-state index contributed by atoms with van der Waals surface area (Å²) < 4.78 is 93.3. The van der Waals surface area contributed by atoms with E-state index in [9.17, 15) is 27.8 Å². The number of rotatable bonds is 7. The van der Waals surface area contributed by atoms with Gasteiger partial charge in [-0.15, -0.1) is 0 Å². The molecular weight excluding hydrogens is 465 g/mol. The van der Waals surface area contributed by atoms with Crippen LogP contribution in [0.5, 0.6) is 0 Å². The van der Waals surface area contributed by atoms with Crippen LogP contribution in [-0.4, -0.2) is 30.0 Å². The van der Waals surface area contributed by atoms with E-state index in [0.29, 0.717) is 17.8 Å². The molecule has 0 atom stereocenters. The first kappa shape index (κ1) is 23.0. The van der Waals surface area contributed by atoms with Gasteiger partial charge in [0.05, 0.1) is 12.0 Å². The quantitative estimate of drug-likeness (QED) is 0.477. The molecule has 0 bridgehead atoms. The number of nitrogens with one attached hydrogen (secondary N) is 2. The molecule has 170 valence electrons. The second-order valence-corrected chi connectivity index (χ2v) is 11.0. The van der Waals surface area contributed by atoms with Crippen LogP contribution in [0.15, 0.2) is 58.8 Å². The van der Waals surface area contributed by atoms with E-state index in [1.807, 2.05) is 0 Å². The zero-order valence-corrected chi connectivity index (χ0v) is 17.8. The molecule has 0 saturated heterocycles. The van der Waals surface area contributed by atoms with Crippen LogP contribution >= 0.6 is 10.2 Å². The Morgan fingerprint density at radius 3 is 2.39 bits per heavy atom. The molecule has 7 nitrogen and oxygen atoms in total. The van der Waals surface area contributed by atoms with Crippen LogP contribution in [0.3, 0.4) is 0 Å². The zero-order valence-electron chi connectivity index (χ0n) is 16.2. The minimum Gasteiger partial charge on any atom is -0.365 e. The smallest absolute Gasteiger partial charge is 0.310 e. The first-order valence-electron chi connectivity index (χ1n) is 8.58. The maximum atomic E-state index is 13.1. The Bertz CT molecular complexity index is 1240. The Hall–Kier alpha value is -2.71. The van der Waals surface area contributed by atoms with E-state index in [1.54, 1.807) is 17.8 Å². The van der Waals surface area contributed by atoms with Gasteiger partial charge in [-0.25, -0.2) is 23.1 Å². The van der Waals surface area contributed by atoms with Crippen molar-refractivity contribution in [1.82, 2.24) is 19.3 Å². The van der Waals surface area contributed by atoms with Crippen molar-refractivity contribution in [1.29, 1.82) is 0 Å². The lowest BCUT2D eigenvalue weighted by Crippen LogP contribution is -2.19. The first-order chi connectivity index (χ1) is 14.1. The van der Waals surface area contributed by atoms with E-state index in [1.165, 1.54) is 25.5 Å². The molecule has 0 unspecified atom stereocenters. The lowest BCUT2D eigenvalue weighted by Gasteiger charge is -2.40. The van der Waals surface area contributed by atoms with Crippen LogP contribution in [0.1, 0.15) is 5.56 Å². The van der Waals surface area contributed by atoms with E-state index in [-0.39, 0.29) is 28.4 Å². The maximum Gasteiger partial charge on any atom is 0.310 e. The van der Waals surface area contributed by atoms with E-state index in [0.717, 1.165) is 12.3 Å². The van der Waals surface area contributed by atoms with Crippen molar-refractivity contribution in [3.05, 3.63) is 54.6 Å². The number of imidazole rings is 1. The van der Waals surface area contributed by atoms with Crippen LogP contribution in [0.25, 0.3) is 11.3 Å². The lowest BCUT2D eigenvalue weighted by atomic mass is 10.2. The van der Waals surface area contributed by atoms with Crippen molar-refractivity contribution in [3.63, 3.8) is 0 Å². The largest absolute Gasteiger partial charge is 0.365 e. The van der Waals surface area contributed by atoms with Gasteiger partial charge in [0.1, 0.15) is 15.6 Å². The molecule has 0 saturated carbocycles. The highest BCUT2D eigenvalue weighted by Crippen LogP contribution is 3.02. The normalized spacial score (nSPS) is 14.7. The molecule has 2 N–H and O–H groups in total. The predicted molar refractivity (Wildman–Crippen MR) is 108 cm³/mol. The summed E-state index contributed by atoms with van der Waals surface area (Å²) in [6.07, 6.45) is 4.12. The van der Waals surface area contributed by atoms with Gasteiger partial charge in [-0.2, -0.15) is 0 Å². The summed E-state index contributed by atoms with van der Waals surface area (Å²) in [4.78, 5) is 6.05. The monoisotopic (exact) mass is 483 g/mol. The van der Waals surface area contributed by atoms with E-state index >= 15 is 0 Å². The van der Waals surface area contributed by atoms with E-state index in [2.05, 4.69) is 20.0 Å². The summed E-state index contributed by atoms with van der Waals surface area (Å²) in [5.41, 5.74) is 0.554. The summed E-state index contributed by atoms with van der Waals surface area (Å²) >= 11 is 0. The molecular formula is C17H18F5N5O2S2. The fraction of sp³-hybridized carbons (Fsp3) is 0.176. The minimum absolute atomic E-state index is 0.0635. The van der Waals surface area contributed by atoms with Crippen molar-refractivity contribution < 1.29 is 27.8 Å². The van der Waals surface area contributed by atoms with Gasteiger partial charge >= 0.3 is 10.2 Å². The Balaban J connectivity index is 1.97. The number of aromatic nitrogens is 3. The van der Waals surface area contributed by atoms with Crippen LogP contribution in [0.2, 0.25) is 0 Å². The Labute approximate surface area is 175 Å². The third kappa shape index (κ3) is 5.32. The number of halogens is 5. The molecule has 3 rings (SSSR count). The van der Waals surface area contributed by atoms with Crippen LogP contribution < -0.4 is 10.0 Å². The Kier molecular flexibility index (Phi) is 5.11. The molecule has 2 heterocycles. The molecule has 2 aromatic heterocycles. The van der Waals surface area contributed by atoms with Gasteiger partial charge in [0, 0.05) is 31.5 Å². The third-order valence-corrected chi connectivity index (χ3v) is 6.75. The molecule has 1 aromatic carbocycles. The van der Waals surface area contributed by atoms with E-state index in [4.69, 9.17) is 0 Å². The van der Waals surface area contributed by atoms with Crippen molar-refractivity contribution in [3.8, 4) is 11.3 Å². The van der Waals surface area contributed by atoms with Crippen molar-refractivity contribution in [2.45, 2.75) is 16.3 Å². The third-order valence-electron chi connectivity index (χ3n) is 4.23. The van der Waals surface area contributed by atoms with Gasteiger partial charge in [-0.05, 0) is 30.8 Å². The summed E-state index contributed by atoms with van der Waals surface area (Å²) in [6.45, 7) is -0.271. The highest BCUT2D eigenvalue weighted by atomic mass is 32.5. The predicted octanol–water partition coefficient (Wildman–Crippen LogP) is 4.66. The van der Waals surface area contributed by atoms with Crippen LogP contribution in [0.4, 0.5) is 25.2 Å². The molecule has 14 heteroatoms. The van der Waals surface area contributed by atoms with Crippen molar-refractivity contribution in [2.24, 2.45) is 7.05 Å². The second-order valence-electron chi connectivity index (χ2n) is 6.67. The summed E-state index contributed by atoms with van der Waals surface area (Å²) in [6, 6.07) is 4.13. The molecule has 0 aliphatic rings. The number of aryl methyl sites for hydroxylation is 1. The second kappa shape index (κ2) is 6.90. The minimum atomic E-state index is -9.81. The fourth-order valence-electron chi connectivity index (χ4n) is 2.68. The average molecular weight is 483 g/mol. The van der Waals surface area contributed by atoms with Gasteiger partial charge < -0.3 is 9.88 Å². The van der Waals surface area contributed by atoms with Gasteiger partial charge in [-0.3, -0.25) is 0 Å². The number of benzene rings is 1. The number of sulfonamides is 1. The number of hydrogen-bond donors (Lipinski definition) is 2. The Morgan fingerprint density at radius 2 is 1.81 bits per heavy atom. The number of hydrogen-bond acceptors (Lipinski definition) is 5. The number of nitrogens with zero attached hydrogens (tertiary/aromatic N) is 3. The molecule has 31 heavy (non-hydrogen) atoms. The van der Waals surface area contributed by atoms with Crippen LogP contribution in [0, 0.1) is 0 Å². The van der Waals surface area contributed by atoms with Crippen molar-refractivity contribution in [2.75, 3.05) is 12.4 Å². The molecule has 0 aliphatic heterocycles. The Morgan fingerprint density at radius 1 is 1.10 bits per heavy atom. The average Bonchev–Trinajstić information content (AvgIpc) is 3.11. The topological polar surface area (TPSA) is 88.9 Å². The molecule has 0 radical (unpaired) electrons. The van der Waals surface area contributed by atoms with Crippen LogP contribution in [-0.2, 0) is 23.6 Å². The van der Waals surface area contributed by atoms with Gasteiger partial charge in [0.15, 0.2) is 0 Å². The highest BCUT2D eigenvalue weighted by molar-refractivity contribution is 8.45. The molecule has 0 spiro atoms. The van der Waals surface area contributed by atoms with Gasteiger partial charge in [-0.1, -0.05) is 31.6 Å². The summed E-state index contributed by atoms with van der Waals surface area (Å²) in [5, 5.41) is 2.76. The van der Waals surface area contributed by atoms with E-state index < -0.39 is 25.1 Å². The molecule has 0 aliphatic carbocycles. The molecule has 3 aromatic rings. The summed E-state index contributed by atoms with van der Waals surface area (Å²) in [5.74, 6) is 0.117. The summed E-state index contributed by atoms with van der Waals surface area (Å²) in [7, 11) is -10.7. The SMILES string of the molecule is CNS(=O)(=O)c1cnc(NCc2cccc(S(F)(F)(F)(F)F)c2)c(-c2cn(C)cn2)c1. The molecule has 0 amide bonds. The standard InChI is InChI=1S/C17H18F5N5O2S2/c1-23-30(28,29)13-7-15(16-10-27(2)11-26-16)17(25-9-13)24-8-12-4-3-5-14(6-12)31(18,19,20,21)22/h3-7,9-11,23H,8H2,1-2H3,(H,24,25). The highest BCUT2D eigenvalue weighted by Gasteiger charge is 2.65. The van der Waals surface area contributed by atoms with Gasteiger partial charge in [0.25, 0.3) is 0 Å². The van der Waals surface area contributed by atoms with Gasteiger partial charge in [0.2, 0.25) is 10.0 Å². The van der Waals surface area contributed by atoms with Crippen molar-refractivity contribution >= 4 is 26.1 Å². The first-order valence-corrected chi connectivity index (χ1v) is 12.0.